The van der Waals surface area contributed by atoms with E-state index < -0.39 is 0 Å². The monoisotopic (exact) mass is 364 g/mol. The number of carbonyl (C=O) groups excluding carboxylic acids is 1. The summed E-state index contributed by atoms with van der Waals surface area (Å²) < 4.78 is 1.71. The number of thioether (sulfide) groups is 1. The van der Waals surface area contributed by atoms with Gasteiger partial charge in [-0.2, -0.15) is 5.10 Å². The van der Waals surface area contributed by atoms with Crippen molar-refractivity contribution in [3.63, 3.8) is 0 Å². The van der Waals surface area contributed by atoms with Crippen LogP contribution in [0.25, 0.3) is 5.69 Å². The van der Waals surface area contributed by atoms with Crippen LogP contribution in [0.1, 0.15) is 29.7 Å². The molecule has 0 saturated heterocycles. The summed E-state index contributed by atoms with van der Waals surface area (Å²) in [5, 5.41) is 7.22. The Morgan fingerprint density at radius 2 is 2.08 bits per heavy atom. The largest absolute Gasteiger partial charge is 0.349 e. The molecule has 0 bridgehead atoms. The molecule has 1 aromatic heterocycles. The van der Waals surface area contributed by atoms with Crippen molar-refractivity contribution in [3.8, 4) is 5.69 Å². The van der Waals surface area contributed by atoms with Gasteiger partial charge in [-0.05, 0) is 49.6 Å². The first kappa shape index (κ1) is 16.8. The van der Waals surface area contributed by atoms with E-state index in [2.05, 4.69) is 40.5 Å². The third-order valence-corrected chi connectivity index (χ3v) is 5.92. The molecule has 1 aliphatic rings. The van der Waals surface area contributed by atoms with Gasteiger partial charge in [-0.25, -0.2) is 9.67 Å². The molecule has 26 heavy (non-hydrogen) atoms. The van der Waals surface area contributed by atoms with E-state index in [9.17, 15) is 4.79 Å². The lowest BCUT2D eigenvalue weighted by Gasteiger charge is -2.17. The molecule has 0 unspecified atom stereocenters. The Morgan fingerprint density at radius 1 is 1.27 bits per heavy atom. The van der Waals surface area contributed by atoms with Gasteiger partial charge in [0.25, 0.3) is 0 Å². The van der Waals surface area contributed by atoms with E-state index in [-0.39, 0.29) is 17.2 Å². The molecule has 0 spiro atoms. The lowest BCUT2D eigenvalue weighted by atomic mass is 10.1. The van der Waals surface area contributed by atoms with Crippen molar-refractivity contribution in [1.82, 2.24) is 20.1 Å². The highest BCUT2D eigenvalue weighted by molar-refractivity contribution is 8.01. The Labute approximate surface area is 156 Å². The van der Waals surface area contributed by atoms with Crippen molar-refractivity contribution in [1.29, 1.82) is 0 Å². The number of hydrogen-bond donors (Lipinski definition) is 1. The molecule has 1 amide bonds. The third kappa shape index (κ3) is 3.37. The van der Waals surface area contributed by atoms with E-state index in [1.807, 2.05) is 31.2 Å². The second-order valence-electron chi connectivity index (χ2n) is 6.58. The minimum atomic E-state index is -0.0522. The molecule has 2 heterocycles. The first-order chi connectivity index (χ1) is 12.6. The standard InChI is InChI=1S/C20H20N4OS/c1-13-3-4-16-10-19(26-18(16)9-13)20(25)23-14(2)15-5-7-17(8-6-15)24-12-21-11-22-24/h3-9,11-12,14,19H,10H2,1-2H3,(H,23,25)/t14-,19-/m1/s1. The molecule has 0 saturated carbocycles. The predicted octanol–water partition coefficient (Wildman–Crippen LogP) is 3.47. The summed E-state index contributed by atoms with van der Waals surface area (Å²) in [7, 11) is 0. The first-order valence-corrected chi connectivity index (χ1v) is 9.49. The number of aryl methyl sites for hydroxylation is 1. The van der Waals surface area contributed by atoms with Gasteiger partial charge in [0.05, 0.1) is 17.0 Å². The highest BCUT2D eigenvalue weighted by Gasteiger charge is 2.29. The SMILES string of the molecule is Cc1ccc2c(c1)S[C@@H](C(=O)N[C@H](C)c1ccc(-n3cncn3)cc1)C2. The zero-order valence-electron chi connectivity index (χ0n) is 14.7. The minimum Gasteiger partial charge on any atom is -0.349 e. The molecule has 132 valence electrons. The molecule has 5 nitrogen and oxygen atoms in total. The van der Waals surface area contributed by atoms with Gasteiger partial charge in [0.1, 0.15) is 12.7 Å². The van der Waals surface area contributed by atoms with Crippen molar-refractivity contribution in [2.24, 2.45) is 0 Å². The first-order valence-electron chi connectivity index (χ1n) is 8.61. The van der Waals surface area contributed by atoms with Crippen LogP contribution >= 0.6 is 11.8 Å². The Bertz CT molecular complexity index is 921. The molecule has 0 radical (unpaired) electrons. The van der Waals surface area contributed by atoms with E-state index >= 15 is 0 Å². The number of nitrogens with one attached hydrogen (secondary N) is 1. The summed E-state index contributed by atoms with van der Waals surface area (Å²) in [6.45, 7) is 4.10. The van der Waals surface area contributed by atoms with Crippen LogP contribution in [0.3, 0.4) is 0 Å². The Morgan fingerprint density at radius 3 is 2.81 bits per heavy atom. The zero-order chi connectivity index (χ0) is 18.1. The van der Waals surface area contributed by atoms with Crippen LogP contribution in [0.2, 0.25) is 0 Å². The normalized spacial score (nSPS) is 16.9. The van der Waals surface area contributed by atoms with Gasteiger partial charge in [-0.3, -0.25) is 4.79 Å². The van der Waals surface area contributed by atoms with Crippen LogP contribution in [0.4, 0.5) is 0 Å². The second-order valence-corrected chi connectivity index (χ2v) is 7.83. The molecule has 0 aliphatic carbocycles. The van der Waals surface area contributed by atoms with Gasteiger partial charge in [0.15, 0.2) is 0 Å². The maximum Gasteiger partial charge on any atom is 0.234 e. The lowest BCUT2D eigenvalue weighted by Crippen LogP contribution is -2.34. The number of carbonyl (C=O) groups is 1. The lowest BCUT2D eigenvalue weighted by molar-refractivity contribution is -0.121. The summed E-state index contributed by atoms with van der Waals surface area (Å²) in [5.74, 6) is 0.0942. The van der Waals surface area contributed by atoms with Crippen LogP contribution in [-0.2, 0) is 11.2 Å². The molecule has 1 N–H and O–H groups in total. The van der Waals surface area contributed by atoms with Crippen molar-refractivity contribution in [2.45, 2.75) is 36.5 Å². The summed E-state index contributed by atoms with van der Waals surface area (Å²) in [6.07, 6.45) is 3.97. The summed E-state index contributed by atoms with van der Waals surface area (Å²) in [4.78, 5) is 17.9. The van der Waals surface area contributed by atoms with Gasteiger partial charge in [0.2, 0.25) is 5.91 Å². The quantitative estimate of drug-likeness (QED) is 0.770. The van der Waals surface area contributed by atoms with Crippen LogP contribution in [-0.4, -0.2) is 25.9 Å². The highest BCUT2D eigenvalue weighted by atomic mass is 32.2. The smallest absolute Gasteiger partial charge is 0.234 e. The van der Waals surface area contributed by atoms with Crippen LogP contribution in [0.15, 0.2) is 60.0 Å². The van der Waals surface area contributed by atoms with E-state index in [1.165, 1.54) is 22.3 Å². The predicted molar refractivity (Wildman–Crippen MR) is 102 cm³/mol. The van der Waals surface area contributed by atoms with Crippen LogP contribution < -0.4 is 5.32 Å². The molecular weight excluding hydrogens is 344 g/mol. The number of benzene rings is 2. The number of amides is 1. The molecule has 0 fully saturated rings. The summed E-state index contributed by atoms with van der Waals surface area (Å²) in [5.41, 5.74) is 4.52. The maximum atomic E-state index is 12.7. The minimum absolute atomic E-state index is 0.0432. The van der Waals surface area contributed by atoms with Gasteiger partial charge in [-0.15, -0.1) is 11.8 Å². The Hall–Kier alpha value is -2.60. The molecular formula is C20H20N4OS. The number of hydrogen-bond acceptors (Lipinski definition) is 4. The average molecular weight is 364 g/mol. The fourth-order valence-electron chi connectivity index (χ4n) is 3.13. The van der Waals surface area contributed by atoms with Crippen LogP contribution in [0, 0.1) is 6.92 Å². The molecule has 1 aliphatic heterocycles. The summed E-state index contributed by atoms with van der Waals surface area (Å²) in [6, 6.07) is 14.4. The Kier molecular flexibility index (Phi) is 4.51. The van der Waals surface area contributed by atoms with E-state index in [0.717, 1.165) is 17.7 Å². The van der Waals surface area contributed by atoms with Gasteiger partial charge in [0, 0.05) is 4.90 Å². The second kappa shape index (κ2) is 6.96. The molecule has 6 heteroatoms. The maximum absolute atomic E-state index is 12.7. The number of rotatable bonds is 4. The molecule has 4 rings (SSSR count). The fraction of sp³-hybridized carbons (Fsp3) is 0.250. The van der Waals surface area contributed by atoms with Crippen molar-refractivity contribution in [3.05, 3.63) is 71.8 Å². The van der Waals surface area contributed by atoms with Crippen molar-refractivity contribution in [2.75, 3.05) is 0 Å². The Balaban J connectivity index is 1.40. The van der Waals surface area contributed by atoms with E-state index in [0.29, 0.717) is 0 Å². The highest BCUT2D eigenvalue weighted by Crippen LogP contribution is 2.37. The molecule has 3 aromatic rings. The van der Waals surface area contributed by atoms with E-state index in [1.54, 1.807) is 22.8 Å². The van der Waals surface area contributed by atoms with Crippen LogP contribution in [0.5, 0.6) is 0 Å². The van der Waals surface area contributed by atoms with Gasteiger partial charge < -0.3 is 5.32 Å². The topological polar surface area (TPSA) is 59.8 Å². The fourth-order valence-corrected chi connectivity index (χ4v) is 4.43. The number of fused-ring (bicyclic) bond motifs is 1. The van der Waals surface area contributed by atoms with E-state index in [4.69, 9.17) is 0 Å². The van der Waals surface area contributed by atoms with Crippen molar-refractivity contribution < 1.29 is 4.79 Å². The number of aromatic nitrogens is 3. The third-order valence-electron chi connectivity index (χ3n) is 4.62. The van der Waals surface area contributed by atoms with Gasteiger partial charge in [-0.1, -0.05) is 29.8 Å². The van der Waals surface area contributed by atoms with Gasteiger partial charge >= 0.3 is 0 Å². The molecule has 2 atom stereocenters. The van der Waals surface area contributed by atoms with Crippen molar-refractivity contribution >= 4 is 17.7 Å². The molecule has 2 aromatic carbocycles. The zero-order valence-corrected chi connectivity index (χ0v) is 15.5. The summed E-state index contributed by atoms with van der Waals surface area (Å²) >= 11 is 1.67. The number of nitrogens with zero attached hydrogens (tertiary/aromatic N) is 3. The average Bonchev–Trinajstić information content (AvgIpc) is 3.31.